The van der Waals surface area contributed by atoms with Crippen LogP contribution in [0.1, 0.15) is 32.1 Å². The number of amides is 4. The predicted octanol–water partition coefficient (Wildman–Crippen LogP) is 0.0177. The van der Waals surface area contributed by atoms with E-state index in [4.69, 9.17) is 20.6 Å². The molecule has 0 bridgehead atoms. The van der Waals surface area contributed by atoms with E-state index in [2.05, 4.69) is 27.2 Å². The summed E-state index contributed by atoms with van der Waals surface area (Å²) in [5, 5.41) is 11.8. The molecule has 11 heteroatoms. The molecule has 0 aromatic rings. The van der Waals surface area contributed by atoms with Crippen LogP contribution in [-0.4, -0.2) is 93.7 Å². The van der Waals surface area contributed by atoms with E-state index in [0.717, 1.165) is 25.0 Å². The summed E-state index contributed by atoms with van der Waals surface area (Å²) in [6.07, 6.45) is 8.66. The fraction of sp³-hybridized carbons (Fsp3) is 0.773. The Morgan fingerprint density at radius 3 is 2.42 bits per heavy atom. The van der Waals surface area contributed by atoms with Gasteiger partial charge in [-0.2, -0.15) is 11.8 Å². The summed E-state index contributed by atoms with van der Waals surface area (Å²) < 4.78 is 16.1. The lowest BCUT2D eigenvalue weighted by Crippen LogP contribution is -2.36. The van der Waals surface area contributed by atoms with Gasteiger partial charge in [-0.1, -0.05) is 12.3 Å². The standard InChI is InChI=1S/C22H36N4O6S/c1-2-8-23-20(28)7-10-30-12-14-32-15-13-31-11-9-24-19(27)6-4-3-5-18-21-17(16-33-18)25-22(29)26-21/h1,17-18,21H,3-16H2,(H,23,28)(H,24,27)(H2,25,26,29). The third-order valence-electron chi connectivity index (χ3n) is 5.25. The zero-order valence-electron chi connectivity index (χ0n) is 19.1. The van der Waals surface area contributed by atoms with Crippen molar-refractivity contribution in [3.63, 3.8) is 0 Å². The smallest absolute Gasteiger partial charge is 0.315 e. The molecule has 186 valence electrons. The summed E-state index contributed by atoms with van der Waals surface area (Å²) in [6.45, 7) is 3.18. The van der Waals surface area contributed by atoms with Crippen LogP contribution in [0.2, 0.25) is 0 Å². The second kappa shape index (κ2) is 16.6. The lowest BCUT2D eigenvalue weighted by Gasteiger charge is -2.16. The fourth-order valence-electron chi connectivity index (χ4n) is 3.57. The normalized spacial score (nSPS) is 21.1. The van der Waals surface area contributed by atoms with E-state index < -0.39 is 0 Å². The Labute approximate surface area is 200 Å². The number of rotatable bonds is 18. The quantitative estimate of drug-likeness (QED) is 0.123. The van der Waals surface area contributed by atoms with E-state index >= 15 is 0 Å². The first-order valence-electron chi connectivity index (χ1n) is 11.5. The third kappa shape index (κ3) is 11.6. The van der Waals surface area contributed by atoms with Crippen molar-refractivity contribution in [2.45, 2.75) is 49.4 Å². The number of terminal acetylenes is 1. The van der Waals surface area contributed by atoms with Gasteiger partial charge >= 0.3 is 6.03 Å². The number of fused-ring (bicyclic) bond motifs is 1. The van der Waals surface area contributed by atoms with Gasteiger partial charge in [0.1, 0.15) is 0 Å². The Morgan fingerprint density at radius 1 is 0.970 bits per heavy atom. The van der Waals surface area contributed by atoms with Crippen molar-refractivity contribution in [2.24, 2.45) is 0 Å². The van der Waals surface area contributed by atoms with Gasteiger partial charge in [0.2, 0.25) is 11.8 Å². The van der Waals surface area contributed by atoms with Crippen LogP contribution in [0.3, 0.4) is 0 Å². The summed E-state index contributed by atoms with van der Waals surface area (Å²) in [5.74, 6) is 3.20. The Balaban J connectivity index is 1.30. The molecule has 2 rings (SSSR count). The molecule has 2 saturated heterocycles. The van der Waals surface area contributed by atoms with Crippen molar-refractivity contribution >= 4 is 29.6 Å². The summed E-state index contributed by atoms with van der Waals surface area (Å²) >= 11 is 1.90. The highest BCUT2D eigenvalue weighted by molar-refractivity contribution is 8.00. The molecule has 4 N–H and O–H groups in total. The molecule has 10 nitrogen and oxygen atoms in total. The molecule has 0 saturated carbocycles. The molecule has 33 heavy (non-hydrogen) atoms. The molecule has 2 aliphatic heterocycles. The minimum absolute atomic E-state index is 0.0350. The second-order valence-electron chi connectivity index (χ2n) is 7.79. The number of carbonyl (C=O) groups is 3. The maximum Gasteiger partial charge on any atom is 0.315 e. The van der Waals surface area contributed by atoms with Crippen LogP contribution in [0.15, 0.2) is 0 Å². The number of ether oxygens (including phenoxy) is 3. The Kier molecular flexibility index (Phi) is 13.7. The van der Waals surface area contributed by atoms with Gasteiger partial charge in [-0.25, -0.2) is 4.79 Å². The largest absolute Gasteiger partial charge is 0.379 e. The first-order chi connectivity index (χ1) is 16.1. The van der Waals surface area contributed by atoms with Gasteiger partial charge in [-0.15, -0.1) is 6.42 Å². The van der Waals surface area contributed by atoms with E-state index in [0.29, 0.717) is 57.9 Å². The fourth-order valence-corrected chi connectivity index (χ4v) is 5.11. The zero-order chi connectivity index (χ0) is 23.7. The maximum absolute atomic E-state index is 11.9. The van der Waals surface area contributed by atoms with Crippen LogP contribution in [0, 0.1) is 12.3 Å². The number of carbonyl (C=O) groups excluding carboxylic acids is 3. The molecule has 0 spiro atoms. The Morgan fingerprint density at radius 2 is 1.67 bits per heavy atom. The predicted molar refractivity (Wildman–Crippen MR) is 126 cm³/mol. The van der Waals surface area contributed by atoms with Crippen LogP contribution < -0.4 is 21.3 Å². The van der Waals surface area contributed by atoms with Gasteiger partial charge in [-0.3, -0.25) is 9.59 Å². The van der Waals surface area contributed by atoms with Gasteiger partial charge in [0.15, 0.2) is 0 Å². The SMILES string of the molecule is C#CCNC(=O)CCOCCOCCOCCNC(=O)CCCCC1SCC2NC(=O)NC21. The molecular formula is C22H36N4O6S. The first kappa shape index (κ1) is 27.2. The lowest BCUT2D eigenvalue weighted by molar-refractivity contribution is -0.122. The molecule has 3 atom stereocenters. The average Bonchev–Trinajstić information content (AvgIpc) is 3.35. The molecule has 2 aliphatic rings. The van der Waals surface area contributed by atoms with Crippen molar-refractivity contribution in [1.82, 2.24) is 21.3 Å². The molecule has 2 heterocycles. The van der Waals surface area contributed by atoms with Crippen molar-refractivity contribution in [3.05, 3.63) is 0 Å². The maximum atomic E-state index is 11.9. The van der Waals surface area contributed by atoms with E-state index in [1.54, 1.807) is 0 Å². The first-order valence-corrected chi connectivity index (χ1v) is 12.5. The Bertz CT molecular complexity index is 659. The van der Waals surface area contributed by atoms with Gasteiger partial charge in [-0.05, 0) is 12.8 Å². The topological polar surface area (TPSA) is 127 Å². The zero-order valence-corrected chi connectivity index (χ0v) is 19.9. The third-order valence-corrected chi connectivity index (χ3v) is 6.76. The van der Waals surface area contributed by atoms with E-state index in [-0.39, 0.29) is 42.9 Å². The molecular weight excluding hydrogens is 448 g/mol. The molecule has 2 fully saturated rings. The van der Waals surface area contributed by atoms with Crippen molar-refractivity contribution in [3.8, 4) is 12.3 Å². The average molecular weight is 485 g/mol. The second-order valence-corrected chi connectivity index (χ2v) is 9.06. The molecule has 3 unspecified atom stereocenters. The van der Waals surface area contributed by atoms with Gasteiger partial charge in [0, 0.05) is 30.4 Å². The molecule has 0 aromatic carbocycles. The van der Waals surface area contributed by atoms with Gasteiger partial charge < -0.3 is 35.5 Å². The molecule has 0 radical (unpaired) electrons. The van der Waals surface area contributed by atoms with E-state index in [9.17, 15) is 14.4 Å². The highest BCUT2D eigenvalue weighted by Crippen LogP contribution is 2.33. The van der Waals surface area contributed by atoms with Gasteiger partial charge in [0.05, 0.1) is 58.3 Å². The van der Waals surface area contributed by atoms with Crippen LogP contribution in [-0.2, 0) is 23.8 Å². The van der Waals surface area contributed by atoms with Crippen LogP contribution in [0.4, 0.5) is 4.79 Å². The number of hydrogen-bond acceptors (Lipinski definition) is 7. The molecule has 4 amide bonds. The minimum atomic E-state index is -0.131. The van der Waals surface area contributed by atoms with Crippen LogP contribution in [0.25, 0.3) is 0 Å². The number of hydrogen-bond donors (Lipinski definition) is 4. The molecule has 0 aromatic heterocycles. The van der Waals surface area contributed by atoms with Crippen molar-refractivity contribution in [2.75, 3.05) is 58.5 Å². The Hall–Kier alpha value is -2.00. The summed E-state index contributed by atoms with van der Waals surface area (Å²) in [6, 6.07) is 0.412. The summed E-state index contributed by atoms with van der Waals surface area (Å²) in [7, 11) is 0. The monoisotopic (exact) mass is 484 g/mol. The summed E-state index contributed by atoms with van der Waals surface area (Å²) in [4.78, 5) is 34.6. The van der Waals surface area contributed by atoms with Gasteiger partial charge in [0.25, 0.3) is 0 Å². The number of urea groups is 1. The van der Waals surface area contributed by atoms with E-state index in [1.165, 1.54) is 0 Å². The molecule has 0 aliphatic carbocycles. The van der Waals surface area contributed by atoms with Crippen LogP contribution >= 0.6 is 11.8 Å². The summed E-state index contributed by atoms with van der Waals surface area (Å²) in [5.41, 5.74) is 0. The van der Waals surface area contributed by atoms with E-state index in [1.807, 2.05) is 11.8 Å². The van der Waals surface area contributed by atoms with Crippen molar-refractivity contribution in [1.29, 1.82) is 0 Å². The number of thioether (sulfide) groups is 1. The van der Waals surface area contributed by atoms with Crippen molar-refractivity contribution < 1.29 is 28.6 Å². The highest BCUT2D eigenvalue weighted by atomic mass is 32.2. The lowest BCUT2D eigenvalue weighted by atomic mass is 10.0. The van der Waals surface area contributed by atoms with Crippen LogP contribution in [0.5, 0.6) is 0 Å². The number of nitrogens with one attached hydrogen (secondary N) is 4. The minimum Gasteiger partial charge on any atom is -0.379 e. The number of unbranched alkanes of at least 4 members (excludes halogenated alkanes) is 1. The highest BCUT2D eigenvalue weighted by Gasteiger charge is 2.42.